The molecule has 1 aromatic rings. The lowest BCUT2D eigenvalue weighted by atomic mass is 9.45. The minimum atomic E-state index is -1.64. The van der Waals surface area contributed by atoms with E-state index in [2.05, 4.69) is 31.3 Å². The van der Waals surface area contributed by atoms with E-state index in [1.807, 2.05) is 31.2 Å². The maximum Gasteiger partial charge on any atom is 0.333 e. The number of esters is 1. The quantitative estimate of drug-likeness (QED) is 0.268. The first kappa shape index (κ1) is 28.5. The Labute approximate surface area is 236 Å². The average Bonchev–Trinajstić information content (AvgIpc) is 3.20. The van der Waals surface area contributed by atoms with E-state index in [4.69, 9.17) is 9.57 Å². The Kier molecular flexibility index (Phi) is 7.42. The van der Waals surface area contributed by atoms with Gasteiger partial charge in [-0.1, -0.05) is 55.9 Å². The van der Waals surface area contributed by atoms with E-state index in [0.717, 1.165) is 37.0 Å². The highest BCUT2D eigenvalue weighted by atomic mass is 16.6. The molecule has 5 rings (SSSR count). The number of hydrogen-bond acceptors (Lipinski definition) is 7. The van der Waals surface area contributed by atoms with Crippen molar-refractivity contribution in [2.75, 3.05) is 6.61 Å². The molecule has 0 heterocycles. The number of nitrogens with zero attached hydrogens (tertiary/aromatic N) is 1. The van der Waals surface area contributed by atoms with E-state index in [-0.39, 0.29) is 28.7 Å². The molecule has 7 atom stereocenters. The van der Waals surface area contributed by atoms with Gasteiger partial charge in [-0.05, 0) is 98.8 Å². The van der Waals surface area contributed by atoms with Crippen molar-refractivity contribution in [2.45, 2.75) is 77.4 Å². The molecule has 3 fully saturated rings. The molecule has 3 saturated carbocycles. The first-order valence-electron chi connectivity index (χ1n) is 14.4. The van der Waals surface area contributed by atoms with Gasteiger partial charge in [0.2, 0.25) is 5.78 Å². The van der Waals surface area contributed by atoms with Crippen LogP contribution in [-0.2, 0) is 14.3 Å². The van der Waals surface area contributed by atoms with Crippen LogP contribution in [-0.4, -0.2) is 46.0 Å². The Hall–Kier alpha value is -3.03. The highest BCUT2D eigenvalue weighted by Crippen LogP contribution is 2.67. The topological polar surface area (TPSA) is 105 Å². The lowest BCUT2D eigenvalue weighted by Crippen LogP contribution is -2.62. The van der Waals surface area contributed by atoms with Gasteiger partial charge in [0.15, 0.2) is 12.4 Å². The van der Waals surface area contributed by atoms with Gasteiger partial charge in [0, 0.05) is 11.0 Å². The molecule has 0 saturated heterocycles. The van der Waals surface area contributed by atoms with Crippen molar-refractivity contribution in [3.05, 3.63) is 60.2 Å². The Morgan fingerprint density at radius 1 is 1.15 bits per heavy atom. The first-order valence-corrected chi connectivity index (χ1v) is 14.4. The smallest absolute Gasteiger partial charge is 0.333 e. The third-order valence-electron chi connectivity index (χ3n) is 10.6. The molecule has 2 N–H and O–H groups in total. The van der Waals surface area contributed by atoms with Gasteiger partial charge in [0.05, 0.1) is 11.8 Å². The molecular weight excluding hydrogens is 506 g/mol. The number of allylic oxidation sites excluding steroid dienone is 2. The molecule has 0 aromatic heterocycles. The van der Waals surface area contributed by atoms with Crippen LogP contribution < -0.4 is 4.84 Å². The molecule has 40 heavy (non-hydrogen) atoms. The number of hydrogen-bond donors (Lipinski definition) is 2. The van der Waals surface area contributed by atoms with E-state index in [1.165, 1.54) is 12.5 Å². The van der Waals surface area contributed by atoms with Crippen LogP contribution in [0.25, 0.3) is 6.08 Å². The van der Waals surface area contributed by atoms with Crippen LogP contribution in [0.15, 0.2) is 59.8 Å². The van der Waals surface area contributed by atoms with Gasteiger partial charge in [0.1, 0.15) is 5.60 Å². The van der Waals surface area contributed by atoms with E-state index in [9.17, 15) is 19.8 Å². The second kappa shape index (κ2) is 10.4. The first-order chi connectivity index (χ1) is 18.9. The predicted octanol–water partition coefficient (Wildman–Crippen LogP) is 5.42. The number of oxime groups is 1. The summed E-state index contributed by atoms with van der Waals surface area (Å²) >= 11 is 0. The summed E-state index contributed by atoms with van der Waals surface area (Å²) < 4.78 is 5.11. The number of carbonyl (C=O) groups is 2. The molecular formula is C33H41NO6. The fourth-order valence-corrected chi connectivity index (χ4v) is 8.38. The number of aliphatic hydroxyl groups excluding tert-OH is 1. The summed E-state index contributed by atoms with van der Waals surface area (Å²) in [4.78, 5) is 30.9. The second-order valence-corrected chi connectivity index (χ2v) is 12.7. The SMILES string of the molecule is C=Cc1ccc(O/N=C2\C=C3CCC4C(C(O)CC5(C)C4CC[C@]5(O)C(=O)COC(=O)C(=C)C)C3(C)CC2)cc1. The van der Waals surface area contributed by atoms with Crippen molar-refractivity contribution in [3.63, 3.8) is 0 Å². The summed E-state index contributed by atoms with van der Waals surface area (Å²) in [7, 11) is 0. The summed E-state index contributed by atoms with van der Waals surface area (Å²) in [5.74, 6) is -0.128. The van der Waals surface area contributed by atoms with Crippen molar-refractivity contribution in [1.29, 1.82) is 0 Å². The highest BCUT2D eigenvalue weighted by Gasteiger charge is 2.68. The largest absolute Gasteiger partial charge is 0.454 e. The van der Waals surface area contributed by atoms with Gasteiger partial charge >= 0.3 is 5.97 Å². The van der Waals surface area contributed by atoms with Gasteiger partial charge in [-0.15, -0.1) is 0 Å². The van der Waals surface area contributed by atoms with Crippen molar-refractivity contribution in [2.24, 2.45) is 33.7 Å². The Balaban J connectivity index is 1.34. The summed E-state index contributed by atoms with van der Waals surface area (Å²) in [5, 5.41) is 27.9. The van der Waals surface area contributed by atoms with Crippen LogP contribution in [0, 0.1) is 28.6 Å². The molecule has 6 unspecified atom stereocenters. The Morgan fingerprint density at radius 2 is 1.88 bits per heavy atom. The molecule has 7 nitrogen and oxygen atoms in total. The minimum Gasteiger partial charge on any atom is -0.454 e. The molecule has 4 aliphatic carbocycles. The zero-order chi connectivity index (χ0) is 28.9. The maximum absolute atomic E-state index is 13.3. The molecule has 4 aliphatic rings. The molecule has 0 radical (unpaired) electrons. The van der Waals surface area contributed by atoms with Gasteiger partial charge in [-0.2, -0.15) is 0 Å². The monoisotopic (exact) mass is 547 g/mol. The zero-order valence-electron chi connectivity index (χ0n) is 23.8. The van der Waals surface area contributed by atoms with Crippen molar-refractivity contribution in [1.82, 2.24) is 0 Å². The summed E-state index contributed by atoms with van der Waals surface area (Å²) in [6, 6.07) is 7.62. The summed E-state index contributed by atoms with van der Waals surface area (Å²) in [6.07, 6.45) is 8.02. The fraction of sp³-hybridized carbons (Fsp3) is 0.545. The normalized spacial score (nSPS) is 37.4. The number of ketones is 1. The fourth-order valence-electron chi connectivity index (χ4n) is 8.38. The Bertz CT molecular complexity index is 1280. The van der Waals surface area contributed by atoms with E-state index < -0.39 is 35.5 Å². The minimum absolute atomic E-state index is 0.0400. The second-order valence-electron chi connectivity index (χ2n) is 12.7. The predicted molar refractivity (Wildman–Crippen MR) is 153 cm³/mol. The standard InChI is InChI=1S/C33H41NO6/c1-6-21-7-10-24(11-8-21)40-34-23-13-15-31(4)22(17-23)9-12-25-26-14-16-33(38,28(36)19-39-30(37)20(2)3)32(26,5)18-27(35)29(25)31/h6-8,10-11,17,25-27,29,35,38H,1-2,9,12-16,18-19H2,3-5H3/b34-23-/t25?,26?,27?,29?,31?,32?,33-/m0/s1. The van der Waals surface area contributed by atoms with Gasteiger partial charge < -0.3 is 19.8 Å². The molecule has 1 aromatic carbocycles. The molecule has 7 heteroatoms. The average molecular weight is 548 g/mol. The van der Waals surface area contributed by atoms with Crippen molar-refractivity contribution >= 4 is 23.5 Å². The molecule has 0 amide bonds. The van der Waals surface area contributed by atoms with E-state index in [0.29, 0.717) is 25.0 Å². The van der Waals surface area contributed by atoms with Crippen molar-refractivity contribution in [3.8, 4) is 5.75 Å². The van der Waals surface area contributed by atoms with Crippen LogP contribution in [0.5, 0.6) is 5.75 Å². The van der Waals surface area contributed by atoms with Gasteiger partial charge in [0.25, 0.3) is 0 Å². The molecule has 0 bridgehead atoms. The number of carbonyl (C=O) groups excluding carboxylic acids is 2. The summed E-state index contributed by atoms with van der Waals surface area (Å²) in [5.41, 5.74) is 0.820. The molecule has 214 valence electrons. The van der Waals surface area contributed by atoms with Gasteiger partial charge in [-0.3, -0.25) is 4.79 Å². The van der Waals surface area contributed by atoms with Gasteiger partial charge in [-0.25, -0.2) is 4.79 Å². The van der Waals surface area contributed by atoms with Crippen LogP contribution >= 0.6 is 0 Å². The lowest BCUT2D eigenvalue weighted by Gasteiger charge is -2.60. The third kappa shape index (κ3) is 4.57. The van der Waals surface area contributed by atoms with E-state index in [1.54, 1.807) is 6.08 Å². The zero-order valence-corrected chi connectivity index (χ0v) is 23.8. The van der Waals surface area contributed by atoms with Crippen LogP contribution in [0.3, 0.4) is 0 Å². The van der Waals surface area contributed by atoms with E-state index >= 15 is 0 Å². The maximum atomic E-state index is 13.3. The molecule has 0 aliphatic heterocycles. The highest BCUT2D eigenvalue weighted by molar-refractivity contribution is 5.96. The lowest BCUT2D eigenvalue weighted by molar-refractivity contribution is -0.183. The molecule has 0 spiro atoms. The van der Waals surface area contributed by atoms with Crippen molar-refractivity contribution < 1.29 is 29.4 Å². The van der Waals surface area contributed by atoms with Crippen LogP contribution in [0.4, 0.5) is 0 Å². The number of Topliss-reactive ketones (excluding diaryl/α,β-unsaturated/α-hetero) is 1. The summed E-state index contributed by atoms with van der Waals surface area (Å²) in [6.45, 7) is 12.6. The van der Waals surface area contributed by atoms with Crippen LogP contribution in [0.2, 0.25) is 0 Å². The number of aliphatic hydroxyl groups is 2. The number of fused-ring (bicyclic) bond motifs is 5. The van der Waals surface area contributed by atoms with Crippen LogP contribution in [0.1, 0.15) is 71.3 Å². The number of benzene rings is 1. The number of rotatable bonds is 7. The Morgan fingerprint density at radius 3 is 2.55 bits per heavy atom. The third-order valence-corrected chi connectivity index (χ3v) is 10.6. The number of ether oxygens (including phenoxy) is 1.